The van der Waals surface area contributed by atoms with E-state index in [2.05, 4.69) is 112 Å². The molecule has 0 bridgehead atoms. The van der Waals surface area contributed by atoms with Gasteiger partial charge in [-0.05, 0) is 116 Å². The SMILES string of the molecule is CCCCCCCCC#Cc1cc(C#CCCCCCCCC)cc(C(=C(CCCC)C(=C=[N+]=[N-])CCCCCCCC)c2cc(CCCCCC)cc(CCCCCC)c2)c1. The van der Waals surface area contributed by atoms with Gasteiger partial charge in [-0.15, -0.1) is 4.79 Å². The number of rotatable bonds is 35. The Kier molecular flexibility index (Phi) is 33.4. The van der Waals surface area contributed by atoms with Crippen molar-refractivity contribution in [1.82, 2.24) is 0 Å². The van der Waals surface area contributed by atoms with Crippen molar-refractivity contribution in [2.45, 2.75) is 260 Å². The summed E-state index contributed by atoms with van der Waals surface area (Å²) in [6, 6.07) is 14.4. The third-order valence-corrected chi connectivity index (χ3v) is 12.4. The zero-order valence-electron chi connectivity index (χ0n) is 41.4. The number of hydrogen-bond acceptors (Lipinski definition) is 0. The summed E-state index contributed by atoms with van der Waals surface area (Å²) < 4.78 is 0. The van der Waals surface area contributed by atoms with Gasteiger partial charge in [0.05, 0.1) is 5.57 Å². The molecule has 0 spiro atoms. The van der Waals surface area contributed by atoms with E-state index < -0.39 is 0 Å². The normalized spacial score (nSPS) is 11.3. The molecule has 0 aliphatic carbocycles. The first kappa shape index (κ1) is 54.6. The third-order valence-electron chi connectivity index (χ3n) is 12.4. The smallest absolute Gasteiger partial charge is 0.303 e. The lowest BCUT2D eigenvalue weighted by atomic mass is 9.83. The summed E-state index contributed by atoms with van der Waals surface area (Å²) in [5.74, 6) is 17.6. The molecule has 2 heteroatoms. The van der Waals surface area contributed by atoms with Gasteiger partial charge in [-0.25, -0.2) is 0 Å². The van der Waals surface area contributed by atoms with Gasteiger partial charge in [0.1, 0.15) is 0 Å². The first-order chi connectivity index (χ1) is 30.5. The molecule has 2 aromatic rings. The molecule has 0 amide bonds. The first-order valence-corrected chi connectivity index (χ1v) is 26.5. The molecule has 0 aliphatic heterocycles. The molecule has 2 rings (SSSR count). The molecule has 0 N–H and O–H groups in total. The average Bonchev–Trinajstić information content (AvgIpc) is 3.28. The molecule has 0 heterocycles. The summed E-state index contributed by atoms with van der Waals surface area (Å²) in [5, 5.41) is 0. The quantitative estimate of drug-likeness (QED) is 0.0166. The molecular formula is C60H92N2. The minimum absolute atomic E-state index is 0.863. The molecule has 0 unspecified atom stereocenters. The van der Waals surface area contributed by atoms with E-state index >= 15 is 0 Å². The lowest BCUT2D eigenvalue weighted by Gasteiger charge is -2.20. The molecule has 62 heavy (non-hydrogen) atoms. The Morgan fingerprint density at radius 2 is 0.823 bits per heavy atom. The summed E-state index contributed by atoms with van der Waals surface area (Å²) in [6.45, 7) is 13.7. The molecule has 0 fully saturated rings. The maximum Gasteiger partial charge on any atom is 0.303 e. The molecule has 2 nitrogen and oxygen atoms in total. The molecule has 342 valence electrons. The van der Waals surface area contributed by atoms with E-state index in [9.17, 15) is 5.53 Å². The van der Waals surface area contributed by atoms with E-state index in [1.807, 2.05) is 0 Å². The predicted octanol–water partition coefficient (Wildman–Crippen LogP) is 18.7. The second kappa shape index (κ2) is 38.0. The Hall–Kier alpha value is -3.54. The zero-order chi connectivity index (χ0) is 44.7. The molecule has 0 atom stereocenters. The second-order valence-corrected chi connectivity index (χ2v) is 18.3. The fourth-order valence-electron chi connectivity index (χ4n) is 8.65. The maximum absolute atomic E-state index is 10.2. The summed E-state index contributed by atoms with van der Waals surface area (Å²) in [4.78, 5) is 3.65. The van der Waals surface area contributed by atoms with Gasteiger partial charge in [-0.1, -0.05) is 225 Å². The lowest BCUT2D eigenvalue weighted by Crippen LogP contribution is -2.04. The van der Waals surface area contributed by atoms with Crippen molar-refractivity contribution < 1.29 is 4.79 Å². The van der Waals surface area contributed by atoms with Crippen LogP contribution < -0.4 is 0 Å². The number of unbranched alkanes of at least 4 members (excludes halogenated alkanes) is 24. The van der Waals surface area contributed by atoms with Crippen LogP contribution in [-0.4, -0.2) is 10.7 Å². The van der Waals surface area contributed by atoms with Gasteiger partial charge in [0.25, 0.3) is 0 Å². The van der Waals surface area contributed by atoms with E-state index in [0.29, 0.717) is 0 Å². The fourth-order valence-corrected chi connectivity index (χ4v) is 8.65. The highest BCUT2D eigenvalue weighted by atomic mass is 14.8. The standard InChI is InChI=1S/C60H92N2/c1-7-13-19-24-27-29-31-36-41-54-46-55(42-37-32-30-28-25-20-14-8-2)50-58(49-54)60(59(44-18-12-6)56(51-62-61)43-38-33-26-21-15-9-3)57-47-52(39-34-22-16-10-4)45-53(48-57)40-35-23-17-11-5/h45-50H,7-35,38-40,43-44H2,1-6H3. The van der Waals surface area contributed by atoms with Crippen molar-refractivity contribution in [2.24, 2.45) is 0 Å². The summed E-state index contributed by atoms with van der Waals surface area (Å²) in [7, 11) is 0. The van der Waals surface area contributed by atoms with Crippen molar-refractivity contribution in [2.75, 3.05) is 0 Å². The zero-order valence-corrected chi connectivity index (χ0v) is 41.4. The van der Waals surface area contributed by atoms with Crippen LogP contribution in [0.4, 0.5) is 0 Å². The van der Waals surface area contributed by atoms with Crippen molar-refractivity contribution in [3.8, 4) is 23.7 Å². The van der Waals surface area contributed by atoms with Crippen LogP contribution in [-0.2, 0) is 12.8 Å². The Labute approximate surface area is 384 Å². The minimum atomic E-state index is 0.863. The van der Waals surface area contributed by atoms with E-state index in [0.717, 1.165) is 87.3 Å². The van der Waals surface area contributed by atoms with Crippen LogP contribution in [0, 0.1) is 23.7 Å². The summed E-state index contributed by atoms with van der Waals surface area (Å²) in [5.41, 5.74) is 21.3. The van der Waals surface area contributed by atoms with E-state index in [1.54, 1.807) is 0 Å². The van der Waals surface area contributed by atoms with E-state index in [1.165, 1.54) is 181 Å². The largest absolute Gasteiger partial charge is 0.348 e. The van der Waals surface area contributed by atoms with Gasteiger partial charge in [-0.3, -0.25) is 0 Å². The third kappa shape index (κ3) is 24.9. The van der Waals surface area contributed by atoms with Gasteiger partial charge in [-0.2, -0.15) is 0 Å². The van der Waals surface area contributed by atoms with Gasteiger partial charge < -0.3 is 5.53 Å². The Morgan fingerprint density at radius 3 is 1.27 bits per heavy atom. The summed E-state index contributed by atoms with van der Waals surface area (Å²) in [6.07, 6.45) is 40.7. The molecule has 2 aromatic carbocycles. The van der Waals surface area contributed by atoms with Crippen LogP contribution in [0.2, 0.25) is 0 Å². The van der Waals surface area contributed by atoms with E-state index in [-0.39, 0.29) is 0 Å². The molecule has 0 radical (unpaired) electrons. The van der Waals surface area contributed by atoms with Crippen molar-refractivity contribution >= 4 is 11.4 Å². The number of benzene rings is 2. The second-order valence-electron chi connectivity index (χ2n) is 18.3. The number of nitrogens with zero attached hydrogens (tertiary/aromatic N) is 2. The average molecular weight is 841 g/mol. The van der Waals surface area contributed by atoms with Gasteiger partial charge in [0.2, 0.25) is 0 Å². The maximum atomic E-state index is 10.2. The van der Waals surface area contributed by atoms with Crippen molar-refractivity contribution in [1.29, 1.82) is 0 Å². The monoisotopic (exact) mass is 841 g/mol. The predicted molar refractivity (Wildman–Crippen MR) is 274 cm³/mol. The highest BCUT2D eigenvalue weighted by Gasteiger charge is 2.20. The number of hydrogen-bond donors (Lipinski definition) is 0. The molecule has 0 aliphatic rings. The topological polar surface area (TPSA) is 36.4 Å². The van der Waals surface area contributed by atoms with Crippen LogP contribution in [0.1, 0.15) is 280 Å². The molecule has 0 aromatic heterocycles. The Morgan fingerprint density at radius 1 is 0.419 bits per heavy atom. The number of aryl methyl sites for hydroxylation is 2. The fraction of sp³-hybridized carbons (Fsp3) is 0.667. The Balaban J connectivity index is 2.90. The van der Waals surface area contributed by atoms with Crippen molar-refractivity contribution in [3.05, 3.63) is 86.5 Å². The van der Waals surface area contributed by atoms with Gasteiger partial charge >= 0.3 is 5.87 Å². The highest BCUT2D eigenvalue weighted by molar-refractivity contribution is 5.88. The molecule has 0 saturated heterocycles. The van der Waals surface area contributed by atoms with Crippen molar-refractivity contribution in [3.63, 3.8) is 0 Å². The van der Waals surface area contributed by atoms with Crippen LogP contribution >= 0.6 is 0 Å². The number of allylic oxidation sites excluding steroid dienone is 2. The van der Waals surface area contributed by atoms with Gasteiger partial charge in [0, 0.05) is 24.0 Å². The summed E-state index contributed by atoms with van der Waals surface area (Å²) >= 11 is 0. The molecular weight excluding hydrogens is 749 g/mol. The van der Waals surface area contributed by atoms with Crippen LogP contribution in [0.5, 0.6) is 0 Å². The highest BCUT2D eigenvalue weighted by Crippen LogP contribution is 2.37. The molecule has 0 saturated carbocycles. The minimum Gasteiger partial charge on any atom is -0.348 e. The van der Waals surface area contributed by atoms with E-state index in [4.69, 9.17) is 0 Å². The lowest BCUT2D eigenvalue weighted by molar-refractivity contribution is 0.00739. The van der Waals surface area contributed by atoms with Gasteiger partial charge in [0.15, 0.2) is 0 Å². The Bertz CT molecular complexity index is 1640. The van der Waals surface area contributed by atoms with Crippen LogP contribution in [0.3, 0.4) is 0 Å². The first-order valence-electron chi connectivity index (χ1n) is 26.5. The van der Waals surface area contributed by atoms with Crippen LogP contribution in [0.25, 0.3) is 11.1 Å². The van der Waals surface area contributed by atoms with Crippen LogP contribution in [0.15, 0.2) is 47.5 Å².